The molecule has 0 heterocycles. The Morgan fingerprint density at radius 2 is 2.08 bits per heavy atom. The van der Waals surface area contributed by atoms with Crippen molar-refractivity contribution >= 4 is 28.3 Å². The van der Waals surface area contributed by atoms with Crippen LogP contribution in [-0.2, 0) is 0 Å². The minimum Gasteiger partial charge on any atom is -0.491 e. The average molecular weight is 277 g/mol. The van der Waals surface area contributed by atoms with Crippen molar-refractivity contribution in [3.63, 3.8) is 0 Å². The van der Waals surface area contributed by atoms with Crippen LogP contribution in [0.3, 0.4) is 0 Å². The van der Waals surface area contributed by atoms with E-state index >= 15 is 0 Å². The molecule has 0 aliphatic carbocycles. The summed E-state index contributed by atoms with van der Waals surface area (Å²) in [6.45, 7) is 4.01. The number of nitrogen functional groups attached to an aromatic ring is 1. The van der Waals surface area contributed by atoms with Gasteiger partial charge in [-0.1, -0.05) is 0 Å². The molecule has 1 aromatic carbocycles. The lowest BCUT2D eigenvalue weighted by atomic mass is 10.3. The number of nitrogens with two attached hydrogens (primary N) is 1. The van der Waals surface area contributed by atoms with Gasteiger partial charge >= 0.3 is 0 Å². The molecule has 0 unspecified atom stereocenters. The van der Waals surface area contributed by atoms with Gasteiger partial charge in [0.2, 0.25) is 0 Å². The highest BCUT2D eigenvalue weighted by Gasteiger charge is 2.00. The van der Waals surface area contributed by atoms with E-state index in [1.54, 1.807) is 0 Å². The van der Waals surface area contributed by atoms with Crippen LogP contribution in [-0.4, -0.2) is 6.10 Å². The summed E-state index contributed by atoms with van der Waals surface area (Å²) in [5, 5.41) is 0. The lowest BCUT2D eigenvalue weighted by Gasteiger charge is -2.10. The van der Waals surface area contributed by atoms with E-state index in [0.717, 1.165) is 15.0 Å². The van der Waals surface area contributed by atoms with Crippen molar-refractivity contribution in [3.8, 4) is 5.75 Å². The lowest BCUT2D eigenvalue weighted by molar-refractivity contribution is 0.242. The van der Waals surface area contributed by atoms with E-state index in [-0.39, 0.29) is 6.10 Å². The number of anilines is 1. The summed E-state index contributed by atoms with van der Waals surface area (Å²) >= 11 is 2.19. The third-order valence-corrected chi connectivity index (χ3v) is 2.28. The van der Waals surface area contributed by atoms with Crippen molar-refractivity contribution in [2.45, 2.75) is 20.0 Å². The molecular formula is C9H12INO. The maximum atomic E-state index is 5.66. The normalized spacial score (nSPS) is 10.3. The zero-order chi connectivity index (χ0) is 9.14. The number of rotatable bonds is 2. The predicted molar refractivity (Wildman–Crippen MR) is 59.3 cm³/mol. The Labute approximate surface area is 86.2 Å². The first-order chi connectivity index (χ1) is 5.59. The molecule has 0 atom stereocenters. The van der Waals surface area contributed by atoms with E-state index in [1.807, 2.05) is 32.0 Å². The molecule has 0 amide bonds. The topological polar surface area (TPSA) is 35.2 Å². The first-order valence-corrected chi connectivity index (χ1v) is 4.89. The number of benzene rings is 1. The third kappa shape index (κ3) is 2.55. The zero-order valence-corrected chi connectivity index (χ0v) is 9.33. The Kier molecular flexibility index (Phi) is 3.20. The Morgan fingerprint density at radius 1 is 1.42 bits per heavy atom. The first kappa shape index (κ1) is 9.64. The van der Waals surface area contributed by atoms with Crippen molar-refractivity contribution in [2.75, 3.05) is 5.73 Å². The van der Waals surface area contributed by atoms with Gasteiger partial charge < -0.3 is 10.5 Å². The number of halogens is 1. The molecule has 2 nitrogen and oxygen atoms in total. The minimum atomic E-state index is 0.212. The summed E-state index contributed by atoms with van der Waals surface area (Å²) in [6.07, 6.45) is 0.212. The summed E-state index contributed by atoms with van der Waals surface area (Å²) in [4.78, 5) is 0. The van der Waals surface area contributed by atoms with Crippen molar-refractivity contribution in [1.29, 1.82) is 0 Å². The molecule has 0 aromatic heterocycles. The van der Waals surface area contributed by atoms with Crippen LogP contribution in [0.25, 0.3) is 0 Å². The Bertz CT molecular complexity index is 273. The van der Waals surface area contributed by atoms with E-state index in [9.17, 15) is 0 Å². The minimum absolute atomic E-state index is 0.212. The molecule has 0 saturated carbocycles. The van der Waals surface area contributed by atoms with Gasteiger partial charge in [-0.15, -0.1) is 0 Å². The van der Waals surface area contributed by atoms with Crippen molar-refractivity contribution in [2.24, 2.45) is 0 Å². The fourth-order valence-electron chi connectivity index (χ4n) is 0.853. The van der Waals surface area contributed by atoms with Crippen molar-refractivity contribution in [3.05, 3.63) is 21.8 Å². The van der Waals surface area contributed by atoms with Crippen molar-refractivity contribution < 1.29 is 4.74 Å². The summed E-state index contributed by atoms with van der Waals surface area (Å²) in [6, 6.07) is 5.69. The van der Waals surface area contributed by atoms with Gasteiger partial charge in [0.05, 0.1) is 6.10 Å². The molecule has 12 heavy (non-hydrogen) atoms. The molecule has 3 heteroatoms. The van der Waals surface area contributed by atoms with Crippen LogP contribution in [0, 0.1) is 3.57 Å². The quantitative estimate of drug-likeness (QED) is 0.666. The average Bonchev–Trinajstić information content (AvgIpc) is 1.96. The van der Waals surface area contributed by atoms with Crippen LogP contribution in [0.1, 0.15) is 13.8 Å². The largest absolute Gasteiger partial charge is 0.491 e. The molecular weight excluding hydrogens is 265 g/mol. The first-order valence-electron chi connectivity index (χ1n) is 3.81. The maximum Gasteiger partial charge on any atom is 0.120 e. The van der Waals surface area contributed by atoms with E-state index in [2.05, 4.69) is 22.6 Å². The molecule has 0 spiro atoms. The molecule has 0 aliphatic heterocycles. The van der Waals surface area contributed by atoms with E-state index in [4.69, 9.17) is 10.5 Å². The molecule has 1 aromatic rings. The van der Waals surface area contributed by atoms with E-state index < -0.39 is 0 Å². The molecule has 0 saturated heterocycles. The van der Waals surface area contributed by atoms with Gasteiger partial charge in [0.15, 0.2) is 0 Å². The molecule has 0 fully saturated rings. The molecule has 66 valence electrons. The highest BCUT2D eigenvalue weighted by Crippen LogP contribution is 2.21. The van der Waals surface area contributed by atoms with Crippen molar-refractivity contribution in [1.82, 2.24) is 0 Å². The number of hydrogen-bond acceptors (Lipinski definition) is 2. The highest BCUT2D eigenvalue weighted by atomic mass is 127. The van der Waals surface area contributed by atoms with Gasteiger partial charge in [-0.05, 0) is 54.6 Å². The third-order valence-electron chi connectivity index (χ3n) is 1.34. The van der Waals surface area contributed by atoms with E-state index in [1.165, 1.54) is 0 Å². The summed E-state index contributed by atoms with van der Waals surface area (Å²) in [7, 11) is 0. The summed E-state index contributed by atoms with van der Waals surface area (Å²) < 4.78 is 6.52. The molecule has 0 bridgehead atoms. The number of ether oxygens (including phenoxy) is 1. The predicted octanol–water partition coefficient (Wildman–Crippen LogP) is 2.66. The maximum absolute atomic E-state index is 5.66. The molecule has 0 aliphatic rings. The second kappa shape index (κ2) is 3.98. The summed E-state index contributed by atoms with van der Waals surface area (Å²) in [5.74, 6) is 0.878. The van der Waals surface area contributed by atoms with Crippen LogP contribution >= 0.6 is 22.6 Å². The summed E-state index contributed by atoms with van der Waals surface area (Å²) in [5.41, 5.74) is 6.45. The SMILES string of the molecule is CC(C)Oc1ccc(N)c(I)c1. The highest BCUT2D eigenvalue weighted by molar-refractivity contribution is 14.1. The fraction of sp³-hybridized carbons (Fsp3) is 0.333. The van der Waals surface area contributed by atoms with Crippen LogP contribution < -0.4 is 10.5 Å². The number of hydrogen-bond donors (Lipinski definition) is 1. The van der Waals surface area contributed by atoms with Crippen LogP contribution in [0.5, 0.6) is 5.75 Å². The van der Waals surface area contributed by atoms with Crippen LogP contribution in [0.15, 0.2) is 18.2 Å². The van der Waals surface area contributed by atoms with Gasteiger partial charge in [-0.3, -0.25) is 0 Å². The monoisotopic (exact) mass is 277 g/mol. The van der Waals surface area contributed by atoms with Crippen LogP contribution in [0.2, 0.25) is 0 Å². The Morgan fingerprint density at radius 3 is 2.58 bits per heavy atom. The van der Waals surface area contributed by atoms with Gasteiger partial charge in [0.1, 0.15) is 5.75 Å². The molecule has 1 rings (SSSR count). The molecule has 2 N–H and O–H groups in total. The molecule has 0 radical (unpaired) electrons. The second-order valence-electron chi connectivity index (χ2n) is 2.85. The zero-order valence-electron chi connectivity index (χ0n) is 7.17. The smallest absolute Gasteiger partial charge is 0.120 e. The fourth-order valence-corrected chi connectivity index (χ4v) is 1.34. The van der Waals surface area contributed by atoms with Gasteiger partial charge in [-0.2, -0.15) is 0 Å². The lowest BCUT2D eigenvalue weighted by Crippen LogP contribution is -2.05. The van der Waals surface area contributed by atoms with Gasteiger partial charge in [-0.25, -0.2) is 0 Å². The second-order valence-corrected chi connectivity index (χ2v) is 4.01. The van der Waals surface area contributed by atoms with Gasteiger partial charge in [0, 0.05) is 9.26 Å². The Balaban J connectivity index is 2.82. The standard InChI is InChI=1S/C9H12INO/c1-6(2)12-7-3-4-9(11)8(10)5-7/h3-6H,11H2,1-2H3. The van der Waals surface area contributed by atoms with Crippen LogP contribution in [0.4, 0.5) is 5.69 Å². The van der Waals surface area contributed by atoms with E-state index in [0.29, 0.717) is 0 Å². The Hall–Kier alpha value is -0.450. The van der Waals surface area contributed by atoms with Gasteiger partial charge in [0.25, 0.3) is 0 Å².